The predicted octanol–water partition coefficient (Wildman–Crippen LogP) is 0.128. The highest BCUT2D eigenvalue weighted by Crippen LogP contribution is 2.42. The molecule has 8 nitrogen and oxygen atoms in total. The van der Waals surface area contributed by atoms with Crippen molar-refractivity contribution in [2.75, 3.05) is 7.11 Å². The van der Waals surface area contributed by atoms with Crippen LogP contribution in [0.4, 0.5) is 0 Å². The number of phenolic OH excluding ortho intramolecular Hbond substituents is 1. The average molecular weight is 326 g/mol. The van der Waals surface area contributed by atoms with Gasteiger partial charge in [0.05, 0.1) is 7.11 Å². The van der Waals surface area contributed by atoms with E-state index in [9.17, 15) is 24.9 Å². The van der Waals surface area contributed by atoms with Gasteiger partial charge in [-0.25, -0.2) is 4.79 Å². The Morgan fingerprint density at radius 1 is 1.43 bits per heavy atom. The number of aromatic hydroxyl groups is 1. The van der Waals surface area contributed by atoms with Gasteiger partial charge in [-0.1, -0.05) is 0 Å². The molecule has 1 fully saturated rings. The van der Waals surface area contributed by atoms with Gasteiger partial charge in [-0.2, -0.15) is 0 Å². The number of phenols is 1. The Morgan fingerprint density at radius 3 is 2.57 bits per heavy atom. The summed E-state index contributed by atoms with van der Waals surface area (Å²) in [6, 6.07) is 2.65. The lowest BCUT2D eigenvalue weighted by Crippen LogP contribution is -2.41. The van der Waals surface area contributed by atoms with Gasteiger partial charge < -0.3 is 29.9 Å². The van der Waals surface area contributed by atoms with Gasteiger partial charge in [0.2, 0.25) is 0 Å². The Bertz CT molecular complexity index is 637. The summed E-state index contributed by atoms with van der Waals surface area (Å²) >= 11 is 0. The van der Waals surface area contributed by atoms with Crippen molar-refractivity contribution in [3.05, 3.63) is 23.3 Å². The first-order valence-electron chi connectivity index (χ1n) is 6.91. The average Bonchev–Trinajstić information content (AvgIpc) is 2.68. The summed E-state index contributed by atoms with van der Waals surface area (Å²) in [6.45, 7) is 1.14. The zero-order valence-corrected chi connectivity index (χ0v) is 12.6. The van der Waals surface area contributed by atoms with Crippen LogP contribution in [-0.4, -0.2) is 51.2 Å². The topological polar surface area (TPSA) is 134 Å². The first kappa shape index (κ1) is 17.0. The van der Waals surface area contributed by atoms with Crippen molar-refractivity contribution in [2.24, 2.45) is 0 Å². The van der Waals surface area contributed by atoms with Crippen LogP contribution in [-0.2, 0) is 20.7 Å². The number of carboxylic acid groups (broad SMARTS) is 1. The maximum atomic E-state index is 11.7. The monoisotopic (exact) mass is 326 g/mol. The van der Waals surface area contributed by atoms with Crippen LogP contribution in [0.3, 0.4) is 0 Å². The van der Waals surface area contributed by atoms with Crippen molar-refractivity contribution < 1.29 is 39.5 Å². The van der Waals surface area contributed by atoms with E-state index in [1.54, 1.807) is 0 Å². The normalized spacial score (nSPS) is 26.9. The van der Waals surface area contributed by atoms with Gasteiger partial charge in [-0.3, -0.25) is 4.79 Å². The molecule has 126 valence electrons. The number of ether oxygens (including phenoxy) is 2. The minimum absolute atomic E-state index is 0.0469. The molecule has 1 aliphatic heterocycles. The van der Waals surface area contributed by atoms with Gasteiger partial charge >= 0.3 is 11.9 Å². The molecule has 1 aliphatic rings. The van der Waals surface area contributed by atoms with E-state index in [0.717, 1.165) is 6.92 Å². The number of hydrogen-bond acceptors (Lipinski definition) is 7. The third-order valence-electron chi connectivity index (χ3n) is 3.86. The Morgan fingerprint density at radius 2 is 2.09 bits per heavy atom. The number of cyclic esters (lactones) is 1. The number of carbonyl (C=O) groups is 2. The molecule has 0 saturated carbocycles. The van der Waals surface area contributed by atoms with Crippen LogP contribution in [0.25, 0.3) is 0 Å². The second kappa shape index (κ2) is 6.05. The standard InChI is InChI=1S/C15H18O8/c1-15(21)13(19)12(23-14(15)20)8-5-7(3-4-11(17)18)9(16)6-10(8)22-2/h5-6,12-13,16,19,21H,3-4H2,1-2H3,(H,17,18)/t12-,13+,15+/m0/s1. The van der Waals surface area contributed by atoms with Gasteiger partial charge in [-0.05, 0) is 25.0 Å². The first-order chi connectivity index (χ1) is 10.7. The van der Waals surface area contributed by atoms with Crippen LogP contribution < -0.4 is 4.74 Å². The van der Waals surface area contributed by atoms with Gasteiger partial charge in [0.25, 0.3) is 0 Å². The number of benzene rings is 1. The Labute approximate surface area is 131 Å². The number of methoxy groups -OCH3 is 1. The molecule has 8 heteroatoms. The minimum atomic E-state index is -2.06. The van der Waals surface area contributed by atoms with Crippen LogP contribution in [0.15, 0.2) is 12.1 Å². The van der Waals surface area contributed by atoms with E-state index >= 15 is 0 Å². The van der Waals surface area contributed by atoms with E-state index in [0.29, 0.717) is 5.56 Å². The number of carboxylic acids is 1. The van der Waals surface area contributed by atoms with Gasteiger partial charge in [0.15, 0.2) is 11.7 Å². The molecule has 3 atom stereocenters. The number of rotatable bonds is 5. The molecule has 1 saturated heterocycles. The Balaban J connectivity index is 2.42. The van der Waals surface area contributed by atoms with Crippen molar-refractivity contribution in [3.8, 4) is 11.5 Å². The number of carbonyl (C=O) groups excluding carboxylic acids is 1. The van der Waals surface area contributed by atoms with Crippen LogP contribution >= 0.6 is 0 Å². The van der Waals surface area contributed by atoms with Crippen molar-refractivity contribution in [1.29, 1.82) is 0 Å². The summed E-state index contributed by atoms with van der Waals surface area (Å²) in [4.78, 5) is 22.3. The lowest BCUT2D eigenvalue weighted by Gasteiger charge is -2.21. The van der Waals surface area contributed by atoms with Crippen molar-refractivity contribution >= 4 is 11.9 Å². The highest BCUT2D eigenvalue weighted by molar-refractivity contribution is 5.82. The van der Waals surface area contributed by atoms with Crippen molar-refractivity contribution in [3.63, 3.8) is 0 Å². The Hall–Kier alpha value is -2.32. The molecule has 0 amide bonds. The van der Waals surface area contributed by atoms with Crippen LogP contribution in [0, 0.1) is 0 Å². The summed E-state index contributed by atoms with van der Waals surface area (Å²) in [7, 11) is 1.33. The summed E-state index contributed by atoms with van der Waals surface area (Å²) < 4.78 is 10.1. The lowest BCUT2D eigenvalue weighted by atomic mass is 9.92. The molecule has 0 unspecified atom stereocenters. The van der Waals surface area contributed by atoms with E-state index in [2.05, 4.69) is 0 Å². The number of aliphatic hydroxyl groups excluding tert-OH is 1. The maximum Gasteiger partial charge on any atom is 0.341 e. The fourth-order valence-electron chi connectivity index (χ4n) is 2.42. The molecule has 1 aromatic rings. The third-order valence-corrected chi connectivity index (χ3v) is 3.86. The lowest BCUT2D eigenvalue weighted by molar-refractivity contribution is -0.155. The van der Waals surface area contributed by atoms with Gasteiger partial charge in [0, 0.05) is 18.1 Å². The molecule has 1 aromatic carbocycles. The second-order valence-electron chi connectivity index (χ2n) is 5.53. The predicted molar refractivity (Wildman–Crippen MR) is 76.1 cm³/mol. The molecule has 4 N–H and O–H groups in total. The van der Waals surface area contributed by atoms with E-state index in [4.69, 9.17) is 14.6 Å². The fourth-order valence-corrected chi connectivity index (χ4v) is 2.42. The molecule has 1 heterocycles. The van der Waals surface area contributed by atoms with E-state index in [-0.39, 0.29) is 29.9 Å². The molecule has 0 radical (unpaired) electrons. The first-order valence-corrected chi connectivity index (χ1v) is 6.91. The van der Waals surface area contributed by atoms with Crippen molar-refractivity contribution in [1.82, 2.24) is 0 Å². The molecular weight excluding hydrogens is 308 g/mol. The molecule has 0 spiro atoms. The number of aliphatic carboxylic acids is 1. The highest BCUT2D eigenvalue weighted by atomic mass is 16.6. The second-order valence-corrected chi connectivity index (χ2v) is 5.53. The summed E-state index contributed by atoms with van der Waals surface area (Å²) in [5, 5.41) is 38.7. The van der Waals surface area contributed by atoms with Crippen LogP contribution in [0.1, 0.15) is 30.6 Å². The molecule has 0 aromatic heterocycles. The van der Waals surface area contributed by atoms with Crippen LogP contribution in [0.5, 0.6) is 11.5 Å². The number of aryl methyl sites for hydroxylation is 1. The number of esters is 1. The van der Waals surface area contributed by atoms with E-state index in [1.165, 1.54) is 19.2 Å². The van der Waals surface area contributed by atoms with Crippen LogP contribution in [0.2, 0.25) is 0 Å². The molecule has 23 heavy (non-hydrogen) atoms. The zero-order chi connectivity index (χ0) is 17.4. The summed E-state index contributed by atoms with van der Waals surface area (Å²) in [5.74, 6) is -2.03. The Kier molecular flexibility index (Phi) is 4.49. The quantitative estimate of drug-likeness (QED) is 0.561. The highest BCUT2D eigenvalue weighted by Gasteiger charge is 2.54. The van der Waals surface area contributed by atoms with Gasteiger partial charge in [-0.15, -0.1) is 0 Å². The molecule has 0 aliphatic carbocycles. The molecule has 2 rings (SSSR count). The number of aliphatic hydroxyl groups is 2. The third kappa shape index (κ3) is 3.08. The minimum Gasteiger partial charge on any atom is -0.508 e. The fraction of sp³-hybridized carbons (Fsp3) is 0.467. The summed E-state index contributed by atoms with van der Waals surface area (Å²) in [6.07, 6.45) is -2.87. The van der Waals surface area contributed by atoms with E-state index < -0.39 is 29.7 Å². The largest absolute Gasteiger partial charge is 0.508 e. The van der Waals surface area contributed by atoms with Gasteiger partial charge in [0.1, 0.15) is 17.6 Å². The number of hydrogen-bond donors (Lipinski definition) is 4. The van der Waals surface area contributed by atoms with E-state index in [1.807, 2.05) is 0 Å². The smallest absolute Gasteiger partial charge is 0.341 e. The van der Waals surface area contributed by atoms with Crippen molar-refractivity contribution in [2.45, 2.75) is 37.6 Å². The summed E-state index contributed by atoms with van der Waals surface area (Å²) in [5.41, 5.74) is -1.52. The molecular formula is C15H18O8. The maximum absolute atomic E-state index is 11.7. The zero-order valence-electron chi connectivity index (χ0n) is 12.6. The SMILES string of the molecule is COc1cc(O)c(CCC(=O)O)cc1[C@@H]1OC(=O)[C@](C)(O)[C@@H]1O. The molecule has 0 bridgehead atoms.